The van der Waals surface area contributed by atoms with Gasteiger partial charge in [0.2, 0.25) is 0 Å². The summed E-state index contributed by atoms with van der Waals surface area (Å²) in [5, 5.41) is 2.83. The lowest BCUT2D eigenvalue weighted by atomic mass is 10.2. The molecule has 8 nitrogen and oxygen atoms in total. The molecule has 1 heterocycles. The Balaban J connectivity index is 1.31. The quantitative estimate of drug-likeness (QED) is 0.450. The van der Waals surface area contributed by atoms with Crippen LogP contribution in [0.5, 0.6) is 17.2 Å². The lowest BCUT2D eigenvalue weighted by Crippen LogP contribution is -2.25. The van der Waals surface area contributed by atoms with Crippen molar-refractivity contribution >= 4 is 21.6 Å². The summed E-state index contributed by atoms with van der Waals surface area (Å²) in [5.74, 6) is 1.39. The Morgan fingerprint density at radius 3 is 2.59 bits per heavy atom. The fraction of sp³-hybridized carbons (Fsp3) is 0.240. The van der Waals surface area contributed by atoms with E-state index in [1.54, 1.807) is 24.3 Å². The summed E-state index contributed by atoms with van der Waals surface area (Å²) in [6, 6.07) is 18.5. The predicted octanol–water partition coefficient (Wildman–Crippen LogP) is 3.77. The average Bonchev–Trinajstić information content (AvgIpc) is 2.83. The summed E-state index contributed by atoms with van der Waals surface area (Å²) < 4.78 is 44.7. The highest BCUT2D eigenvalue weighted by Crippen LogP contribution is 2.32. The van der Waals surface area contributed by atoms with E-state index in [4.69, 9.17) is 14.2 Å². The van der Waals surface area contributed by atoms with Crippen molar-refractivity contribution in [2.24, 2.45) is 0 Å². The Labute approximate surface area is 198 Å². The third-order valence-electron chi connectivity index (χ3n) is 5.07. The summed E-state index contributed by atoms with van der Waals surface area (Å²) >= 11 is 0. The number of benzene rings is 3. The first-order valence-corrected chi connectivity index (χ1v) is 12.4. The second-order valence-electron chi connectivity index (χ2n) is 7.77. The molecule has 4 rings (SSSR count). The van der Waals surface area contributed by atoms with Crippen molar-refractivity contribution in [1.29, 1.82) is 0 Å². The highest BCUT2D eigenvalue weighted by Gasteiger charge is 2.20. The van der Waals surface area contributed by atoms with Crippen molar-refractivity contribution in [3.63, 3.8) is 0 Å². The van der Waals surface area contributed by atoms with E-state index in [9.17, 15) is 13.2 Å². The van der Waals surface area contributed by atoms with Crippen LogP contribution in [0.2, 0.25) is 0 Å². The maximum atomic E-state index is 12.8. The van der Waals surface area contributed by atoms with E-state index in [-0.39, 0.29) is 16.5 Å². The van der Waals surface area contributed by atoms with Crippen LogP contribution in [0.4, 0.5) is 5.69 Å². The number of anilines is 1. The zero-order chi connectivity index (χ0) is 24.0. The normalized spacial score (nSPS) is 12.6. The highest BCUT2D eigenvalue weighted by atomic mass is 32.2. The van der Waals surface area contributed by atoms with E-state index in [0.717, 1.165) is 11.3 Å². The van der Waals surface area contributed by atoms with Crippen LogP contribution in [-0.4, -0.2) is 40.7 Å². The van der Waals surface area contributed by atoms with E-state index >= 15 is 0 Å². The Morgan fingerprint density at radius 1 is 0.971 bits per heavy atom. The molecule has 0 unspecified atom stereocenters. The van der Waals surface area contributed by atoms with Crippen LogP contribution in [-0.2, 0) is 10.0 Å². The molecule has 0 saturated heterocycles. The molecular weight excluding hydrogens is 456 g/mol. The molecular formula is C25H26N2O6S. The van der Waals surface area contributed by atoms with Crippen LogP contribution >= 0.6 is 0 Å². The van der Waals surface area contributed by atoms with Gasteiger partial charge in [0.1, 0.15) is 19.0 Å². The number of ether oxygens (including phenoxy) is 3. The van der Waals surface area contributed by atoms with E-state index in [1.807, 2.05) is 31.2 Å². The second kappa shape index (κ2) is 10.5. The van der Waals surface area contributed by atoms with Crippen LogP contribution in [0.3, 0.4) is 0 Å². The number of hydrogen-bond acceptors (Lipinski definition) is 6. The van der Waals surface area contributed by atoms with Gasteiger partial charge in [-0.3, -0.25) is 9.52 Å². The molecule has 0 atom stereocenters. The minimum Gasteiger partial charge on any atom is -0.494 e. The largest absolute Gasteiger partial charge is 0.494 e. The van der Waals surface area contributed by atoms with Crippen molar-refractivity contribution in [2.45, 2.75) is 18.2 Å². The second-order valence-corrected chi connectivity index (χ2v) is 9.45. The molecule has 0 aliphatic carbocycles. The van der Waals surface area contributed by atoms with Gasteiger partial charge >= 0.3 is 0 Å². The van der Waals surface area contributed by atoms with E-state index in [0.29, 0.717) is 49.8 Å². The standard InChI is InChI=1S/C25H26N2O6S/c1-18-5-2-8-21(15-18)31-12-4-11-26-25(28)19-6-3-7-20(16-19)27-34(29,30)22-9-10-23-24(17-22)33-14-13-32-23/h2-3,5-10,15-17,27H,4,11-14H2,1H3,(H,26,28). The summed E-state index contributed by atoms with van der Waals surface area (Å²) in [6.07, 6.45) is 0.635. The maximum Gasteiger partial charge on any atom is 0.262 e. The number of aryl methyl sites for hydroxylation is 1. The van der Waals surface area contributed by atoms with Gasteiger partial charge in [0.25, 0.3) is 15.9 Å². The molecule has 3 aromatic carbocycles. The van der Waals surface area contributed by atoms with E-state index in [2.05, 4.69) is 10.0 Å². The zero-order valence-corrected chi connectivity index (χ0v) is 19.6. The van der Waals surface area contributed by atoms with Gasteiger partial charge < -0.3 is 19.5 Å². The van der Waals surface area contributed by atoms with Crippen LogP contribution in [0.15, 0.2) is 71.6 Å². The number of hydrogen-bond donors (Lipinski definition) is 2. The first-order chi connectivity index (χ1) is 16.4. The van der Waals surface area contributed by atoms with Gasteiger partial charge in [-0.2, -0.15) is 0 Å². The van der Waals surface area contributed by atoms with Crippen LogP contribution in [0, 0.1) is 6.92 Å². The average molecular weight is 483 g/mol. The molecule has 1 amide bonds. The molecule has 1 aliphatic heterocycles. The summed E-state index contributed by atoms with van der Waals surface area (Å²) in [5.41, 5.74) is 1.75. The summed E-state index contributed by atoms with van der Waals surface area (Å²) in [7, 11) is -3.88. The van der Waals surface area contributed by atoms with Crippen molar-refractivity contribution in [2.75, 3.05) is 31.1 Å². The van der Waals surface area contributed by atoms with Crippen molar-refractivity contribution in [3.05, 3.63) is 77.9 Å². The van der Waals surface area contributed by atoms with Crippen molar-refractivity contribution < 1.29 is 27.4 Å². The minimum absolute atomic E-state index is 0.0419. The molecule has 34 heavy (non-hydrogen) atoms. The number of amides is 1. The fourth-order valence-electron chi connectivity index (χ4n) is 3.40. The van der Waals surface area contributed by atoms with Gasteiger partial charge in [-0.05, 0) is 61.4 Å². The third kappa shape index (κ3) is 5.99. The van der Waals surface area contributed by atoms with Gasteiger partial charge in [0.05, 0.1) is 11.5 Å². The lowest BCUT2D eigenvalue weighted by molar-refractivity contribution is 0.0951. The number of sulfonamides is 1. The molecule has 1 aliphatic rings. The molecule has 0 radical (unpaired) electrons. The summed E-state index contributed by atoms with van der Waals surface area (Å²) in [4.78, 5) is 12.6. The number of carbonyl (C=O) groups excluding carboxylic acids is 1. The van der Waals surface area contributed by atoms with Gasteiger partial charge in [0, 0.05) is 23.9 Å². The molecule has 178 valence electrons. The predicted molar refractivity (Wildman–Crippen MR) is 128 cm³/mol. The molecule has 0 aromatic heterocycles. The smallest absolute Gasteiger partial charge is 0.262 e. The molecule has 2 N–H and O–H groups in total. The Kier molecular flexibility index (Phi) is 7.22. The first kappa shape index (κ1) is 23.4. The minimum atomic E-state index is -3.88. The van der Waals surface area contributed by atoms with Gasteiger partial charge in [0.15, 0.2) is 11.5 Å². The van der Waals surface area contributed by atoms with Gasteiger partial charge in [-0.1, -0.05) is 18.2 Å². The van der Waals surface area contributed by atoms with E-state index in [1.165, 1.54) is 18.2 Å². The summed E-state index contributed by atoms with van der Waals surface area (Å²) in [6.45, 7) is 3.68. The number of fused-ring (bicyclic) bond motifs is 1. The molecule has 9 heteroatoms. The van der Waals surface area contributed by atoms with Crippen molar-refractivity contribution in [1.82, 2.24) is 5.32 Å². The van der Waals surface area contributed by atoms with E-state index < -0.39 is 10.0 Å². The molecule has 3 aromatic rings. The monoisotopic (exact) mass is 482 g/mol. The number of carbonyl (C=O) groups is 1. The highest BCUT2D eigenvalue weighted by molar-refractivity contribution is 7.92. The van der Waals surface area contributed by atoms with Gasteiger partial charge in [-0.25, -0.2) is 8.42 Å². The van der Waals surface area contributed by atoms with Crippen LogP contribution < -0.4 is 24.2 Å². The molecule has 0 spiro atoms. The molecule has 0 bridgehead atoms. The van der Waals surface area contributed by atoms with Gasteiger partial charge in [-0.15, -0.1) is 0 Å². The number of nitrogens with one attached hydrogen (secondary N) is 2. The van der Waals surface area contributed by atoms with Crippen LogP contribution in [0.1, 0.15) is 22.3 Å². The molecule has 0 fully saturated rings. The Morgan fingerprint density at radius 2 is 1.76 bits per heavy atom. The fourth-order valence-corrected chi connectivity index (χ4v) is 4.46. The first-order valence-electron chi connectivity index (χ1n) is 10.9. The lowest BCUT2D eigenvalue weighted by Gasteiger charge is -2.19. The maximum absolute atomic E-state index is 12.8. The topological polar surface area (TPSA) is 103 Å². The SMILES string of the molecule is Cc1cccc(OCCCNC(=O)c2cccc(NS(=O)(=O)c3ccc4c(c3)OCCO4)c2)c1. The van der Waals surface area contributed by atoms with Crippen LogP contribution in [0.25, 0.3) is 0 Å². The number of rotatable bonds is 9. The van der Waals surface area contributed by atoms with Crippen molar-refractivity contribution in [3.8, 4) is 17.2 Å². The Hall–Kier alpha value is -3.72. The molecule has 0 saturated carbocycles. The third-order valence-corrected chi connectivity index (χ3v) is 6.44. The zero-order valence-electron chi connectivity index (χ0n) is 18.7. The Bertz CT molecular complexity index is 1280.